The Morgan fingerprint density at radius 3 is 2.61 bits per heavy atom. The lowest BCUT2D eigenvalue weighted by molar-refractivity contribution is -0.145. The van der Waals surface area contributed by atoms with Crippen LogP contribution >= 0.6 is 0 Å². The molecule has 5 nitrogen and oxygen atoms in total. The van der Waals surface area contributed by atoms with Gasteiger partial charge in [-0.25, -0.2) is 4.39 Å². The van der Waals surface area contributed by atoms with Crippen molar-refractivity contribution >= 4 is 5.97 Å². The van der Waals surface area contributed by atoms with Gasteiger partial charge in [0.15, 0.2) is 11.6 Å². The first-order valence-electron chi connectivity index (χ1n) is 7.30. The number of hydrogen-bond acceptors (Lipinski definition) is 4. The lowest BCUT2D eigenvalue weighted by Crippen LogP contribution is -2.49. The number of pyridine rings is 1. The molecule has 6 heteroatoms. The molecule has 0 saturated carbocycles. The van der Waals surface area contributed by atoms with Gasteiger partial charge in [-0.3, -0.25) is 14.7 Å². The number of carboxylic acid groups (broad SMARTS) is 1. The summed E-state index contributed by atoms with van der Waals surface area (Å²) in [7, 11) is 1.38. The number of nitrogens with zero attached hydrogens (tertiary/aromatic N) is 2. The molecular formula is C17H17FN2O3. The normalized spacial score (nSPS) is 16.6. The van der Waals surface area contributed by atoms with Gasteiger partial charge in [0.25, 0.3) is 0 Å². The molecule has 0 aliphatic carbocycles. The molecule has 1 atom stereocenters. The second-order valence-corrected chi connectivity index (χ2v) is 5.57. The van der Waals surface area contributed by atoms with Crippen LogP contribution in [0.5, 0.6) is 5.75 Å². The molecule has 120 valence electrons. The van der Waals surface area contributed by atoms with Crippen molar-refractivity contribution < 1.29 is 19.0 Å². The molecule has 1 aliphatic rings. The highest BCUT2D eigenvalue weighted by Gasteiger charge is 2.37. The third kappa shape index (κ3) is 3.03. The van der Waals surface area contributed by atoms with Gasteiger partial charge in [-0.05, 0) is 35.4 Å². The molecule has 1 aromatic carbocycles. The third-order valence-corrected chi connectivity index (χ3v) is 4.18. The highest BCUT2D eigenvalue weighted by molar-refractivity contribution is 5.76. The summed E-state index contributed by atoms with van der Waals surface area (Å²) in [6.45, 7) is 1.24. The van der Waals surface area contributed by atoms with Crippen molar-refractivity contribution in [3.8, 4) is 5.75 Å². The summed E-state index contributed by atoms with van der Waals surface area (Å²) in [5.74, 6) is -1.15. The van der Waals surface area contributed by atoms with Crippen molar-refractivity contribution in [1.82, 2.24) is 9.88 Å². The number of hydrogen-bond donors (Lipinski definition) is 1. The number of rotatable bonds is 5. The van der Waals surface area contributed by atoms with Gasteiger partial charge in [-0.1, -0.05) is 6.07 Å². The highest BCUT2D eigenvalue weighted by Crippen LogP contribution is 2.35. The number of methoxy groups -OCH3 is 1. The molecule has 23 heavy (non-hydrogen) atoms. The average molecular weight is 316 g/mol. The fraction of sp³-hybridized carbons (Fsp3) is 0.294. The number of ether oxygens (including phenoxy) is 1. The van der Waals surface area contributed by atoms with Crippen molar-refractivity contribution in [2.24, 2.45) is 0 Å². The van der Waals surface area contributed by atoms with Crippen molar-refractivity contribution in [2.75, 3.05) is 20.2 Å². The van der Waals surface area contributed by atoms with E-state index in [1.807, 2.05) is 17.0 Å². The molecule has 2 aromatic rings. The summed E-state index contributed by atoms with van der Waals surface area (Å²) >= 11 is 0. The molecule has 0 amide bonds. The number of carbonyl (C=O) groups is 1. The van der Waals surface area contributed by atoms with Gasteiger partial charge in [0.1, 0.15) is 6.04 Å². The minimum Gasteiger partial charge on any atom is -0.494 e. The lowest BCUT2D eigenvalue weighted by atomic mass is 9.89. The van der Waals surface area contributed by atoms with Crippen LogP contribution < -0.4 is 4.74 Å². The van der Waals surface area contributed by atoms with E-state index >= 15 is 0 Å². The van der Waals surface area contributed by atoms with Gasteiger partial charge >= 0.3 is 5.97 Å². The summed E-state index contributed by atoms with van der Waals surface area (Å²) in [6.07, 6.45) is 3.46. The van der Waals surface area contributed by atoms with Crippen LogP contribution in [-0.2, 0) is 4.79 Å². The summed E-state index contributed by atoms with van der Waals surface area (Å²) in [4.78, 5) is 17.4. The van der Waals surface area contributed by atoms with E-state index in [1.165, 1.54) is 19.2 Å². The Morgan fingerprint density at radius 2 is 2.04 bits per heavy atom. The quantitative estimate of drug-likeness (QED) is 0.918. The van der Waals surface area contributed by atoms with E-state index in [2.05, 4.69) is 4.98 Å². The van der Waals surface area contributed by atoms with Crippen LogP contribution in [-0.4, -0.2) is 41.2 Å². The highest BCUT2D eigenvalue weighted by atomic mass is 19.1. The maximum Gasteiger partial charge on any atom is 0.325 e. The minimum absolute atomic E-state index is 0.108. The van der Waals surface area contributed by atoms with Crippen LogP contribution in [0.2, 0.25) is 0 Å². The van der Waals surface area contributed by atoms with E-state index in [0.717, 1.165) is 5.56 Å². The second-order valence-electron chi connectivity index (χ2n) is 5.57. The molecule has 1 N–H and O–H groups in total. The van der Waals surface area contributed by atoms with Crippen LogP contribution in [0.1, 0.15) is 23.1 Å². The Kier molecular flexibility index (Phi) is 4.25. The Labute approximate surface area is 133 Å². The number of likely N-dealkylation sites (tertiary alicyclic amines) is 1. The van der Waals surface area contributed by atoms with Crippen LogP contribution in [0.15, 0.2) is 42.7 Å². The molecule has 1 aliphatic heterocycles. The molecule has 1 fully saturated rings. The molecule has 1 aromatic heterocycles. The molecule has 0 spiro atoms. The standard InChI is InChI=1S/C17H17FN2O3/c1-23-15-3-2-12(8-14(15)18)16(17(21)22)20-9-13(10-20)11-4-6-19-7-5-11/h2-8,13,16H,9-10H2,1H3,(H,21,22). The fourth-order valence-corrected chi connectivity index (χ4v) is 2.93. The summed E-state index contributed by atoms with van der Waals surface area (Å²) in [5, 5.41) is 9.53. The average Bonchev–Trinajstić information content (AvgIpc) is 2.50. The lowest BCUT2D eigenvalue weighted by Gasteiger charge is -2.43. The predicted molar refractivity (Wildman–Crippen MR) is 81.9 cm³/mol. The molecular weight excluding hydrogens is 299 g/mol. The van der Waals surface area contributed by atoms with E-state index in [9.17, 15) is 14.3 Å². The number of benzene rings is 1. The van der Waals surface area contributed by atoms with E-state index in [0.29, 0.717) is 18.7 Å². The molecule has 0 radical (unpaired) electrons. The van der Waals surface area contributed by atoms with Gasteiger partial charge in [0.2, 0.25) is 0 Å². The first kappa shape index (κ1) is 15.4. The van der Waals surface area contributed by atoms with Crippen LogP contribution in [0.4, 0.5) is 4.39 Å². The minimum atomic E-state index is -0.984. The first-order valence-corrected chi connectivity index (χ1v) is 7.30. The van der Waals surface area contributed by atoms with Gasteiger partial charge in [0.05, 0.1) is 7.11 Å². The van der Waals surface area contributed by atoms with Crippen molar-refractivity contribution in [3.05, 3.63) is 59.7 Å². The van der Waals surface area contributed by atoms with Crippen molar-refractivity contribution in [3.63, 3.8) is 0 Å². The molecule has 2 heterocycles. The zero-order chi connectivity index (χ0) is 16.4. The molecule has 0 bridgehead atoms. The Hall–Kier alpha value is -2.47. The number of aliphatic carboxylic acids is 1. The van der Waals surface area contributed by atoms with E-state index in [-0.39, 0.29) is 11.7 Å². The van der Waals surface area contributed by atoms with E-state index < -0.39 is 17.8 Å². The largest absolute Gasteiger partial charge is 0.494 e. The Bertz CT molecular complexity index is 702. The maximum absolute atomic E-state index is 13.9. The smallest absolute Gasteiger partial charge is 0.325 e. The van der Waals surface area contributed by atoms with E-state index in [1.54, 1.807) is 18.5 Å². The van der Waals surface area contributed by atoms with Crippen LogP contribution in [0.25, 0.3) is 0 Å². The third-order valence-electron chi connectivity index (χ3n) is 4.18. The molecule has 1 unspecified atom stereocenters. The zero-order valence-electron chi connectivity index (χ0n) is 12.6. The number of aromatic nitrogens is 1. The van der Waals surface area contributed by atoms with Crippen molar-refractivity contribution in [1.29, 1.82) is 0 Å². The van der Waals surface area contributed by atoms with Gasteiger partial charge < -0.3 is 9.84 Å². The van der Waals surface area contributed by atoms with E-state index in [4.69, 9.17) is 4.74 Å². The first-order chi connectivity index (χ1) is 11.1. The maximum atomic E-state index is 13.9. The summed E-state index contributed by atoms with van der Waals surface area (Å²) in [6, 6.07) is 7.31. The number of carboxylic acids is 1. The van der Waals surface area contributed by atoms with Crippen LogP contribution in [0, 0.1) is 5.82 Å². The summed E-state index contributed by atoms with van der Waals surface area (Å²) in [5.41, 5.74) is 1.56. The van der Waals surface area contributed by atoms with Crippen molar-refractivity contribution in [2.45, 2.75) is 12.0 Å². The Balaban J connectivity index is 1.76. The molecule has 1 saturated heterocycles. The van der Waals surface area contributed by atoms with Gasteiger partial charge in [-0.15, -0.1) is 0 Å². The number of halogens is 1. The SMILES string of the molecule is COc1ccc(C(C(=O)O)N2CC(c3ccncc3)C2)cc1F. The monoisotopic (exact) mass is 316 g/mol. The second kappa shape index (κ2) is 6.34. The topological polar surface area (TPSA) is 62.7 Å². The molecule has 3 rings (SSSR count). The van der Waals surface area contributed by atoms with Gasteiger partial charge in [0, 0.05) is 31.4 Å². The Morgan fingerprint density at radius 1 is 1.35 bits per heavy atom. The predicted octanol–water partition coefficient (Wildman–Crippen LogP) is 2.45. The van der Waals surface area contributed by atoms with Gasteiger partial charge in [-0.2, -0.15) is 0 Å². The fourth-order valence-electron chi connectivity index (χ4n) is 2.93. The van der Waals surface area contributed by atoms with Crippen LogP contribution in [0.3, 0.4) is 0 Å². The zero-order valence-corrected chi connectivity index (χ0v) is 12.6. The summed E-state index contributed by atoms with van der Waals surface area (Å²) < 4.78 is 18.7.